The molecule has 0 N–H and O–H groups in total. The fraction of sp³-hybridized carbons (Fsp3) is 0.545. The zero-order valence-electron chi connectivity index (χ0n) is 17.3. The number of hydrogen-bond acceptors (Lipinski definition) is 3. The van der Waals surface area contributed by atoms with Crippen molar-refractivity contribution >= 4 is 5.91 Å². The quantitative estimate of drug-likeness (QED) is 0.786. The Morgan fingerprint density at radius 1 is 1.22 bits per heavy atom. The van der Waals surface area contributed by atoms with Crippen molar-refractivity contribution in [3.63, 3.8) is 0 Å². The van der Waals surface area contributed by atoms with Crippen LogP contribution in [-0.4, -0.2) is 52.7 Å². The minimum Gasteiger partial charge on any atom is -0.343 e. The van der Waals surface area contributed by atoms with Crippen LogP contribution in [0.4, 0.5) is 0 Å². The summed E-state index contributed by atoms with van der Waals surface area (Å²) in [5.74, 6) is 0.523. The topological polar surface area (TPSA) is 41.4 Å². The first-order valence-corrected chi connectivity index (χ1v) is 9.91. The molecule has 1 aromatic carbocycles. The Bertz CT molecular complexity index is 779. The third-order valence-corrected chi connectivity index (χ3v) is 5.37. The van der Waals surface area contributed by atoms with E-state index in [1.807, 2.05) is 0 Å². The van der Waals surface area contributed by atoms with E-state index in [9.17, 15) is 4.79 Å². The van der Waals surface area contributed by atoms with Gasteiger partial charge in [0.25, 0.3) is 5.91 Å². The molecule has 2 aromatic rings. The van der Waals surface area contributed by atoms with E-state index in [4.69, 9.17) is 5.10 Å². The van der Waals surface area contributed by atoms with Gasteiger partial charge in [-0.1, -0.05) is 44.2 Å². The maximum Gasteiger partial charge on any atom is 0.274 e. The first-order valence-electron chi connectivity index (χ1n) is 9.91. The highest BCUT2D eigenvalue weighted by atomic mass is 16.2. The standard InChI is InChI=1S/C22H32N4O/c1-16(2)14-26-20-12-11-18(25(5)15-17-9-7-6-8-10-17)13-19(20)21(23-26)22(27)24(3)4/h6-10,16,18H,11-15H2,1-5H3. The predicted octanol–water partition coefficient (Wildman–Crippen LogP) is 3.23. The number of aromatic nitrogens is 2. The lowest BCUT2D eigenvalue weighted by atomic mass is 9.90. The summed E-state index contributed by atoms with van der Waals surface area (Å²) in [7, 11) is 5.80. The molecule has 0 radical (unpaired) electrons. The summed E-state index contributed by atoms with van der Waals surface area (Å²) in [6.07, 6.45) is 2.99. The lowest BCUT2D eigenvalue weighted by molar-refractivity contribution is 0.0819. The minimum absolute atomic E-state index is 0.0140. The van der Waals surface area contributed by atoms with Gasteiger partial charge >= 0.3 is 0 Å². The van der Waals surface area contributed by atoms with E-state index in [1.54, 1.807) is 19.0 Å². The van der Waals surface area contributed by atoms with Crippen LogP contribution in [0.25, 0.3) is 0 Å². The highest BCUT2D eigenvalue weighted by Crippen LogP contribution is 2.29. The molecule has 1 aromatic heterocycles. The fourth-order valence-electron chi connectivity index (χ4n) is 3.93. The van der Waals surface area contributed by atoms with Crippen molar-refractivity contribution in [1.29, 1.82) is 0 Å². The molecule has 27 heavy (non-hydrogen) atoms. The van der Waals surface area contributed by atoms with Gasteiger partial charge in [-0.2, -0.15) is 5.10 Å². The van der Waals surface area contributed by atoms with Gasteiger partial charge in [-0.3, -0.25) is 14.4 Å². The molecule has 0 saturated heterocycles. The van der Waals surface area contributed by atoms with Crippen LogP contribution in [0.15, 0.2) is 30.3 Å². The Kier molecular flexibility index (Phi) is 6.00. The first kappa shape index (κ1) is 19.6. The van der Waals surface area contributed by atoms with Crippen molar-refractivity contribution in [2.75, 3.05) is 21.1 Å². The van der Waals surface area contributed by atoms with Crippen LogP contribution >= 0.6 is 0 Å². The van der Waals surface area contributed by atoms with Crippen molar-refractivity contribution in [2.45, 2.75) is 52.2 Å². The maximum absolute atomic E-state index is 12.7. The summed E-state index contributed by atoms with van der Waals surface area (Å²) >= 11 is 0. The van der Waals surface area contributed by atoms with Crippen molar-refractivity contribution in [3.05, 3.63) is 52.8 Å². The molecule has 1 aliphatic rings. The first-order chi connectivity index (χ1) is 12.9. The second-order valence-corrected chi connectivity index (χ2v) is 8.35. The van der Waals surface area contributed by atoms with Gasteiger partial charge in [0.2, 0.25) is 0 Å². The van der Waals surface area contributed by atoms with Crippen LogP contribution in [0.1, 0.15) is 47.6 Å². The largest absolute Gasteiger partial charge is 0.343 e. The molecule has 1 aliphatic carbocycles. The summed E-state index contributed by atoms with van der Waals surface area (Å²) in [6.45, 7) is 6.19. The van der Waals surface area contributed by atoms with Crippen molar-refractivity contribution in [1.82, 2.24) is 19.6 Å². The van der Waals surface area contributed by atoms with E-state index >= 15 is 0 Å². The van der Waals surface area contributed by atoms with Gasteiger partial charge in [0, 0.05) is 44.5 Å². The molecule has 1 heterocycles. The number of fused-ring (bicyclic) bond motifs is 1. The molecule has 3 rings (SSSR count). The van der Waals surface area contributed by atoms with Crippen LogP contribution in [0.2, 0.25) is 0 Å². The highest BCUT2D eigenvalue weighted by Gasteiger charge is 2.31. The zero-order valence-corrected chi connectivity index (χ0v) is 17.3. The molecule has 0 spiro atoms. The number of rotatable bonds is 6. The second-order valence-electron chi connectivity index (χ2n) is 8.35. The maximum atomic E-state index is 12.7. The Balaban J connectivity index is 1.84. The minimum atomic E-state index is 0.0140. The van der Waals surface area contributed by atoms with Gasteiger partial charge in [-0.15, -0.1) is 0 Å². The van der Waals surface area contributed by atoms with E-state index in [0.29, 0.717) is 17.7 Å². The van der Waals surface area contributed by atoms with Gasteiger partial charge in [-0.25, -0.2) is 0 Å². The van der Waals surface area contributed by atoms with Gasteiger partial charge in [0.05, 0.1) is 0 Å². The van der Waals surface area contributed by atoms with Crippen LogP contribution < -0.4 is 0 Å². The van der Waals surface area contributed by atoms with Crippen LogP contribution in [0.5, 0.6) is 0 Å². The lowest BCUT2D eigenvalue weighted by Gasteiger charge is -2.32. The third-order valence-electron chi connectivity index (χ3n) is 5.37. The number of carbonyl (C=O) groups is 1. The van der Waals surface area contributed by atoms with E-state index in [0.717, 1.165) is 37.9 Å². The van der Waals surface area contributed by atoms with Crippen molar-refractivity contribution < 1.29 is 4.79 Å². The van der Waals surface area contributed by atoms with Crippen LogP contribution in [0, 0.1) is 5.92 Å². The average Bonchev–Trinajstić information content (AvgIpc) is 2.99. The summed E-state index contributed by atoms with van der Waals surface area (Å²) in [5.41, 5.74) is 4.39. The smallest absolute Gasteiger partial charge is 0.274 e. The molecule has 1 amide bonds. The number of likely N-dealkylation sites (N-methyl/N-ethyl adjacent to an activating group) is 1. The predicted molar refractivity (Wildman–Crippen MR) is 109 cm³/mol. The SMILES string of the molecule is CC(C)Cn1nc(C(=O)N(C)C)c2c1CCC(N(C)Cc1ccccc1)C2. The second kappa shape index (κ2) is 8.26. The van der Waals surface area contributed by atoms with Crippen molar-refractivity contribution in [3.8, 4) is 0 Å². The molecule has 0 bridgehead atoms. The average molecular weight is 369 g/mol. The molecule has 1 atom stereocenters. The van der Waals surface area contributed by atoms with Gasteiger partial charge < -0.3 is 4.90 Å². The summed E-state index contributed by atoms with van der Waals surface area (Å²) in [5, 5.41) is 4.74. The fourth-order valence-corrected chi connectivity index (χ4v) is 3.93. The van der Waals surface area contributed by atoms with E-state index in [-0.39, 0.29) is 5.91 Å². The van der Waals surface area contributed by atoms with Crippen LogP contribution in [0.3, 0.4) is 0 Å². The Morgan fingerprint density at radius 3 is 2.56 bits per heavy atom. The molecular weight excluding hydrogens is 336 g/mol. The molecule has 0 saturated carbocycles. The molecule has 0 aliphatic heterocycles. The number of amides is 1. The Labute approximate surface area is 163 Å². The Hall–Kier alpha value is -2.14. The summed E-state index contributed by atoms with van der Waals surface area (Å²) in [4.78, 5) is 16.8. The van der Waals surface area contributed by atoms with Gasteiger partial charge in [0.15, 0.2) is 5.69 Å². The van der Waals surface area contributed by atoms with Gasteiger partial charge in [0.1, 0.15) is 0 Å². The molecule has 146 valence electrons. The number of hydrogen-bond donors (Lipinski definition) is 0. The normalized spacial score (nSPS) is 16.6. The Morgan fingerprint density at radius 2 is 1.93 bits per heavy atom. The monoisotopic (exact) mass is 368 g/mol. The number of carbonyl (C=O) groups excluding carboxylic acids is 1. The van der Waals surface area contributed by atoms with Gasteiger partial charge in [-0.05, 0) is 37.8 Å². The third kappa shape index (κ3) is 4.41. The van der Waals surface area contributed by atoms with E-state index < -0.39 is 0 Å². The highest BCUT2D eigenvalue weighted by molar-refractivity contribution is 5.93. The lowest BCUT2D eigenvalue weighted by Crippen LogP contribution is -2.37. The van der Waals surface area contributed by atoms with E-state index in [1.165, 1.54) is 11.3 Å². The molecule has 5 nitrogen and oxygen atoms in total. The summed E-state index contributed by atoms with van der Waals surface area (Å²) < 4.78 is 2.09. The molecule has 5 heteroatoms. The molecule has 0 fully saturated rings. The molecular formula is C22H32N4O. The zero-order chi connectivity index (χ0) is 19.6. The molecule has 1 unspecified atom stereocenters. The number of nitrogens with zero attached hydrogens (tertiary/aromatic N) is 4. The number of benzene rings is 1. The van der Waals surface area contributed by atoms with Crippen LogP contribution in [-0.2, 0) is 25.9 Å². The van der Waals surface area contributed by atoms with E-state index in [2.05, 4.69) is 60.8 Å². The van der Waals surface area contributed by atoms with Crippen molar-refractivity contribution in [2.24, 2.45) is 5.92 Å². The summed E-state index contributed by atoms with van der Waals surface area (Å²) in [6, 6.07) is 11.0.